The van der Waals surface area contributed by atoms with Gasteiger partial charge in [0.2, 0.25) is 6.20 Å². The van der Waals surface area contributed by atoms with Crippen molar-refractivity contribution in [3.8, 4) is 11.4 Å². The van der Waals surface area contributed by atoms with Gasteiger partial charge in [0, 0.05) is 23.1 Å². The summed E-state index contributed by atoms with van der Waals surface area (Å²) in [6.45, 7) is 1.98. The first-order chi connectivity index (χ1) is 6.77. The van der Waals surface area contributed by atoms with Crippen LogP contribution in [0.15, 0.2) is 42.7 Å². The molecule has 3 heteroatoms. The predicted octanol–water partition coefficient (Wildman–Crippen LogP) is 1.58. The van der Waals surface area contributed by atoms with Crippen LogP contribution in [0.5, 0.6) is 0 Å². The zero-order valence-electron chi connectivity index (χ0n) is 7.88. The second kappa shape index (κ2) is 3.46. The summed E-state index contributed by atoms with van der Waals surface area (Å²) in [6.07, 6.45) is 3.32. The molecule has 0 unspecified atom stereocenters. The zero-order chi connectivity index (χ0) is 9.97. The molecule has 2 rings (SSSR count). The molecule has 0 fully saturated rings. The van der Waals surface area contributed by atoms with Crippen molar-refractivity contribution < 1.29 is 9.94 Å². The van der Waals surface area contributed by atoms with Gasteiger partial charge in [-0.1, -0.05) is 6.07 Å². The summed E-state index contributed by atoms with van der Waals surface area (Å²) in [7, 11) is 0. The monoisotopic (exact) mass is 187 g/mol. The first-order valence-electron chi connectivity index (χ1n) is 4.40. The maximum Gasteiger partial charge on any atom is 0.282 e. The van der Waals surface area contributed by atoms with Crippen LogP contribution >= 0.6 is 0 Å². The molecule has 0 aliphatic rings. The van der Waals surface area contributed by atoms with Crippen LogP contribution in [0.2, 0.25) is 0 Å². The lowest BCUT2D eigenvalue weighted by Crippen LogP contribution is -2.32. The molecule has 3 nitrogen and oxygen atoms in total. The number of pyridine rings is 2. The molecule has 0 amide bonds. The predicted molar refractivity (Wildman–Crippen MR) is 51.8 cm³/mol. The van der Waals surface area contributed by atoms with Crippen LogP contribution in [-0.4, -0.2) is 10.2 Å². The van der Waals surface area contributed by atoms with Crippen molar-refractivity contribution in [2.24, 2.45) is 0 Å². The van der Waals surface area contributed by atoms with Gasteiger partial charge in [0.1, 0.15) is 5.69 Å². The average molecular weight is 187 g/mol. The number of hydrogen-bond acceptors (Lipinski definition) is 2. The summed E-state index contributed by atoms with van der Waals surface area (Å²) in [5.74, 6) is 0. The summed E-state index contributed by atoms with van der Waals surface area (Å²) in [6, 6.07) is 9.34. The van der Waals surface area contributed by atoms with Crippen LogP contribution in [0.4, 0.5) is 0 Å². The molecule has 0 spiro atoms. The lowest BCUT2D eigenvalue weighted by molar-refractivity contribution is -0.896. The van der Waals surface area contributed by atoms with Crippen LogP contribution < -0.4 is 4.73 Å². The minimum absolute atomic E-state index is 0.700. The van der Waals surface area contributed by atoms with Gasteiger partial charge in [0.25, 0.3) is 5.69 Å². The van der Waals surface area contributed by atoms with Crippen molar-refractivity contribution in [2.75, 3.05) is 0 Å². The Hall–Kier alpha value is -1.90. The van der Waals surface area contributed by atoms with Crippen LogP contribution in [0.1, 0.15) is 5.56 Å². The first-order valence-corrected chi connectivity index (χ1v) is 4.40. The van der Waals surface area contributed by atoms with Crippen LogP contribution in [0.3, 0.4) is 0 Å². The van der Waals surface area contributed by atoms with E-state index in [1.165, 1.54) is 0 Å². The third kappa shape index (κ3) is 1.57. The standard InChI is InChI=1S/C11H11N2O/c1-9-5-7-13(14)11(8-9)10-4-2-3-6-12-10/h2-8,14H,1H3/q+1. The molecule has 0 atom stereocenters. The van der Waals surface area contributed by atoms with Gasteiger partial charge in [-0.05, 0) is 24.6 Å². The van der Waals surface area contributed by atoms with E-state index in [0.717, 1.165) is 16.0 Å². The second-order valence-electron chi connectivity index (χ2n) is 3.15. The molecule has 2 aromatic rings. The summed E-state index contributed by atoms with van der Waals surface area (Å²) in [5, 5.41) is 9.57. The summed E-state index contributed by atoms with van der Waals surface area (Å²) >= 11 is 0. The highest BCUT2D eigenvalue weighted by Crippen LogP contribution is 2.11. The van der Waals surface area contributed by atoms with Crippen molar-refractivity contribution in [3.05, 3.63) is 48.3 Å². The highest BCUT2D eigenvalue weighted by molar-refractivity contribution is 5.50. The number of hydrogen-bond donors (Lipinski definition) is 1. The molecule has 0 bridgehead atoms. The molecule has 0 aromatic carbocycles. The molecule has 1 N–H and O–H groups in total. The van der Waals surface area contributed by atoms with Crippen LogP contribution in [-0.2, 0) is 0 Å². The van der Waals surface area contributed by atoms with Gasteiger partial charge < -0.3 is 0 Å². The molecule has 0 saturated carbocycles. The molecule has 14 heavy (non-hydrogen) atoms. The van der Waals surface area contributed by atoms with E-state index in [2.05, 4.69) is 4.98 Å². The Kier molecular flexibility index (Phi) is 2.14. The number of aryl methyl sites for hydroxylation is 1. The molecule has 2 heterocycles. The fourth-order valence-corrected chi connectivity index (χ4v) is 1.30. The minimum Gasteiger partial charge on any atom is -0.284 e. The first kappa shape index (κ1) is 8.69. The molecule has 0 aliphatic heterocycles. The quantitative estimate of drug-likeness (QED) is 0.543. The van der Waals surface area contributed by atoms with Gasteiger partial charge in [-0.15, -0.1) is 0 Å². The van der Waals surface area contributed by atoms with Gasteiger partial charge >= 0.3 is 0 Å². The molecule has 0 saturated heterocycles. The Balaban J connectivity index is 2.57. The maximum atomic E-state index is 9.57. The Labute approximate surface area is 82.3 Å². The normalized spacial score (nSPS) is 10.1. The summed E-state index contributed by atoms with van der Waals surface area (Å²) in [4.78, 5) is 4.17. The number of nitrogens with zero attached hydrogens (tertiary/aromatic N) is 2. The van der Waals surface area contributed by atoms with E-state index in [1.807, 2.05) is 37.3 Å². The molecule has 0 aliphatic carbocycles. The van der Waals surface area contributed by atoms with Crippen LogP contribution in [0.25, 0.3) is 11.4 Å². The van der Waals surface area contributed by atoms with Crippen molar-refractivity contribution in [1.29, 1.82) is 0 Å². The van der Waals surface area contributed by atoms with Gasteiger partial charge in [-0.3, -0.25) is 5.21 Å². The lowest BCUT2D eigenvalue weighted by atomic mass is 10.2. The van der Waals surface area contributed by atoms with Gasteiger partial charge in [0.15, 0.2) is 0 Å². The van der Waals surface area contributed by atoms with E-state index in [-0.39, 0.29) is 0 Å². The molecule has 70 valence electrons. The van der Waals surface area contributed by atoms with E-state index in [1.54, 1.807) is 12.4 Å². The van der Waals surface area contributed by atoms with Crippen molar-refractivity contribution in [1.82, 2.24) is 4.98 Å². The Bertz CT molecular complexity index is 440. The molecular weight excluding hydrogens is 176 g/mol. The Morgan fingerprint density at radius 1 is 1.29 bits per heavy atom. The van der Waals surface area contributed by atoms with Crippen molar-refractivity contribution in [2.45, 2.75) is 6.92 Å². The fraction of sp³-hybridized carbons (Fsp3) is 0.0909. The lowest BCUT2D eigenvalue weighted by Gasteiger charge is -1.96. The Morgan fingerprint density at radius 3 is 2.86 bits per heavy atom. The molecule has 0 radical (unpaired) electrons. The zero-order valence-corrected chi connectivity index (χ0v) is 7.88. The number of rotatable bonds is 1. The van der Waals surface area contributed by atoms with Crippen LogP contribution in [0, 0.1) is 6.92 Å². The highest BCUT2D eigenvalue weighted by atomic mass is 16.5. The van der Waals surface area contributed by atoms with Crippen molar-refractivity contribution >= 4 is 0 Å². The topological polar surface area (TPSA) is 37.0 Å². The molecular formula is C11H11N2O+. The van der Waals surface area contributed by atoms with Gasteiger partial charge in [-0.2, -0.15) is 0 Å². The third-order valence-corrected chi connectivity index (χ3v) is 2.02. The number of aromatic nitrogens is 2. The SMILES string of the molecule is Cc1cc[n+](O)c(-c2ccccn2)c1. The average Bonchev–Trinajstić information content (AvgIpc) is 2.23. The Morgan fingerprint density at radius 2 is 2.14 bits per heavy atom. The summed E-state index contributed by atoms with van der Waals surface area (Å²) in [5.41, 5.74) is 2.56. The second-order valence-corrected chi connectivity index (χ2v) is 3.15. The third-order valence-electron chi connectivity index (χ3n) is 2.02. The minimum atomic E-state index is 0.700. The smallest absolute Gasteiger partial charge is 0.282 e. The van der Waals surface area contributed by atoms with E-state index in [4.69, 9.17) is 0 Å². The van der Waals surface area contributed by atoms with E-state index >= 15 is 0 Å². The highest BCUT2D eigenvalue weighted by Gasteiger charge is 2.12. The largest absolute Gasteiger partial charge is 0.284 e. The van der Waals surface area contributed by atoms with Crippen molar-refractivity contribution in [3.63, 3.8) is 0 Å². The maximum absolute atomic E-state index is 9.57. The molecule has 2 aromatic heterocycles. The summed E-state index contributed by atoms with van der Waals surface area (Å²) < 4.78 is 1.08. The van der Waals surface area contributed by atoms with Gasteiger partial charge in [0.05, 0.1) is 0 Å². The fourth-order valence-electron chi connectivity index (χ4n) is 1.30. The van der Waals surface area contributed by atoms with Gasteiger partial charge in [-0.25, -0.2) is 4.98 Å². The van der Waals surface area contributed by atoms with E-state index in [0.29, 0.717) is 5.69 Å². The van der Waals surface area contributed by atoms with E-state index in [9.17, 15) is 5.21 Å². The van der Waals surface area contributed by atoms with E-state index < -0.39 is 0 Å².